The van der Waals surface area contributed by atoms with Gasteiger partial charge in [-0.3, -0.25) is 9.69 Å². The summed E-state index contributed by atoms with van der Waals surface area (Å²) in [7, 11) is 0. The second-order valence-electron chi connectivity index (χ2n) is 5.04. The van der Waals surface area contributed by atoms with E-state index in [-0.39, 0.29) is 19.1 Å². The average molecular weight is 281 g/mol. The number of likely N-dealkylation sites (tertiary alicyclic amines) is 1. The predicted octanol–water partition coefficient (Wildman–Crippen LogP) is 1.21. The number of amides is 1. The third-order valence-corrected chi connectivity index (χ3v) is 3.21. The number of carbonyl (C=O) groups is 1. The molecule has 0 aromatic carbocycles. The molecule has 0 atom stereocenters. The fourth-order valence-corrected chi connectivity index (χ4v) is 2.18. The van der Waals surface area contributed by atoms with Gasteiger partial charge in [0.1, 0.15) is 6.54 Å². The Bertz CT molecular complexity index is 288. The summed E-state index contributed by atoms with van der Waals surface area (Å²) in [4.78, 5) is 14.7. The molecule has 4 nitrogen and oxygen atoms in total. The van der Waals surface area contributed by atoms with Gasteiger partial charge in [-0.15, -0.1) is 0 Å². The highest BCUT2D eigenvalue weighted by atomic mass is 19.4. The molecule has 0 radical (unpaired) electrons. The maximum Gasteiger partial charge on any atom is 0.406 e. The zero-order chi connectivity index (χ0) is 14.5. The van der Waals surface area contributed by atoms with E-state index in [4.69, 9.17) is 5.73 Å². The fourth-order valence-electron chi connectivity index (χ4n) is 2.18. The number of nitrogens with two attached hydrogens (primary N) is 1. The lowest BCUT2D eigenvalue weighted by Gasteiger charge is -2.32. The van der Waals surface area contributed by atoms with Crippen molar-refractivity contribution in [1.82, 2.24) is 9.80 Å². The normalized spacial score (nSPS) is 18.6. The van der Waals surface area contributed by atoms with Crippen molar-refractivity contribution in [3.63, 3.8) is 0 Å². The maximum absolute atomic E-state index is 12.4. The summed E-state index contributed by atoms with van der Waals surface area (Å²) in [5.41, 5.74) is 5.75. The van der Waals surface area contributed by atoms with E-state index in [0.717, 1.165) is 17.7 Å². The first-order valence-corrected chi connectivity index (χ1v) is 6.64. The van der Waals surface area contributed by atoms with Crippen LogP contribution in [-0.4, -0.2) is 60.6 Å². The van der Waals surface area contributed by atoms with Crippen molar-refractivity contribution in [2.45, 2.75) is 38.4 Å². The van der Waals surface area contributed by atoms with Crippen molar-refractivity contribution in [2.24, 2.45) is 5.73 Å². The van der Waals surface area contributed by atoms with Crippen LogP contribution in [0.5, 0.6) is 0 Å². The highest BCUT2D eigenvalue weighted by Crippen LogP contribution is 2.17. The van der Waals surface area contributed by atoms with Crippen LogP contribution in [-0.2, 0) is 4.79 Å². The quantitative estimate of drug-likeness (QED) is 0.824. The molecule has 0 saturated carbocycles. The average Bonchev–Trinajstić information content (AvgIpc) is 2.30. The molecule has 0 aromatic heterocycles. The first-order chi connectivity index (χ1) is 8.81. The van der Waals surface area contributed by atoms with Gasteiger partial charge in [0.15, 0.2) is 0 Å². The summed E-state index contributed by atoms with van der Waals surface area (Å²) in [6.45, 7) is 2.16. The first-order valence-electron chi connectivity index (χ1n) is 6.64. The summed E-state index contributed by atoms with van der Waals surface area (Å²) < 4.78 is 37.2. The molecule has 1 rings (SSSR count). The summed E-state index contributed by atoms with van der Waals surface area (Å²) in [5, 5.41) is 0. The first kappa shape index (κ1) is 16.2. The van der Waals surface area contributed by atoms with Crippen molar-refractivity contribution in [3.05, 3.63) is 0 Å². The highest BCUT2D eigenvalue weighted by Gasteiger charge is 2.33. The topological polar surface area (TPSA) is 49.6 Å². The molecule has 112 valence electrons. The highest BCUT2D eigenvalue weighted by molar-refractivity contribution is 5.78. The van der Waals surface area contributed by atoms with Crippen LogP contribution in [0.2, 0.25) is 0 Å². The third-order valence-electron chi connectivity index (χ3n) is 3.21. The SMILES string of the molecule is CCCN(CC(F)(F)F)C(=O)CN1CCC(N)CC1. The Labute approximate surface area is 111 Å². The zero-order valence-corrected chi connectivity index (χ0v) is 11.2. The number of nitrogens with zero attached hydrogens (tertiary/aromatic N) is 2. The van der Waals surface area contributed by atoms with E-state index in [0.29, 0.717) is 19.5 Å². The molecule has 19 heavy (non-hydrogen) atoms. The Morgan fingerprint density at radius 3 is 2.42 bits per heavy atom. The molecule has 0 bridgehead atoms. The lowest BCUT2D eigenvalue weighted by atomic mass is 10.1. The van der Waals surface area contributed by atoms with Crippen LogP contribution in [0, 0.1) is 0 Å². The minimum Gasteiger partial charge on any atom is -0.332 e. The van der Waals surface area contributed by atoms with E-state index < -0.39 is 18.6 Å². The number of carbonyl (C=O) groups excluding carboxylic acids is 1. The van der Waals surface area contributed by atoms with Crippen LogP contribution >= 0.6 is 0 Å². The van der Waals surface area contributed by atoms with E-state index >= 15 is 0 Å². The standard InChI is InChI=1S/C12H22F3N3O/c1-2-5-18(9-12(13,14)15)11(19)8-17-6-3-10(16)4-7-17/h10H,2-9,16H2,1H3. The molecule has 1 aliphatic rings. The molecule has 1 amide bonds. The Morgan fingerprint density at radius 1 is 1.37 bits per heavy atom. The van der Waals surface area contributed by atoms with Gasteiger partial charge in [-0.25, -0.2) is 0 Å². The van der Waals surface area contributed by atoms with Crippen LogP contribution < -0.4 is 5.73 Å². The second kappa shape index (κ2) is 7.09. The summed E-state index contributed by atoms with van der Waals surface area (Å²) in [6, 6.07) is 0.147. The number of piperidine rings is 1. The minimum atomic E-state index is -4.34. The minimum absolute atomic E-state index is 0.0583. The van der Waals surface area contributed by atoms with E-state index in [1.807, 2.05) is 4.90 Å². The molecule has 1 aliphatic heterocycles. The van der Waals surface area contributed by atoms with Gasteiger partial charge in [0.25, 0.3) is 0 Å². The van der Waals surface area contributed by atoms with Gasteiger partial charge in [0.05, 0.1) is 6.54 Å². The van der Waals surface area contributed by atoms with Gasteiger partial charge in [-0.1, -0.05) is 6.92 Å². The van der Waals surface area contributed by atoms with Crippen LogP contribution in [0.15, 0.2) is 0 Å². The third kappa shape index (κ3) is 6.24. The molecular weight excluding hydrogens is 259 g/mol. The van der Waals surface area contributed by atoms with Crippen molar-refractivity contribution < 1.29 is 18.0 Å². The van der Waals surface area contributed by atoms with Gasteiger partial charge >= 0.3 is 6.18 Å². The van der Waals surface area contributed by atoms with E-state index in [1.165, 1.54) is 0 Å². The number of halogens is 3. The smallest absolute Gasteiger partial charge is 0.332 e. The Kier molecular flexibility index (Phi) is 6.06. The molecule has 1 heterocycles. The van der Waals surface area contributed by atoms with Crippen LogP contribution in [0.1, 0.15) is 26.2 Å². The largest absolute Gasteiger partial charge is 0.406 e. The molecule has 0 spiro atoms. The van der Waals surface area contributed by atoms with Gasteiger partial charge in [0.2, 0.25) is 5.91 Å². The van der Waals surface area contributed by atoms with Gasteiger partial charge in [-0.05, 0) is 19.3 Å². The van der Waals surface area contributed by atoms with Crippen molar-refractivity contribution in [3.8, 4) is 0 Å². The Hall–Kier alpha value is -0.820. The number of rotatable bonds is 5. The maximum atomic E-state index is 12.4. The molecular formula is C12H22F3N3O. The summed E-state index contributed by atoms with van der Waals surface area (Å²) >= 11 is 0. The summed E-state index contributed by atoms with van der Waals surface area (Å²) in [6.07, 6.45) is -2.23. The van der Waals surface area contributed by atoms with E-state index in [9.17, 15) is 18.0 Å². The molecule has 0 unspecified atom stereocenters. The lowest BCUT2D eigenvalue weighted by molar-refractivity contribution is -0.162. The van der Waals surface area contributed by atoms with Gasteiger partial charge in [0, 0.05) is 25.7 Å². The van der Waals surface area contributed by atoms with Crippen molar-refractivity contribution >= 4 is 5.91 Å². The Morgan fingerprint density at radius 2 is 1.95 bits per heavy atom. The van der Waals surface area contributed by atoms with Crippen LogP contribution in [0.25, 0.3) is 0 Å². The molecule has 2 N–H and O–H groups in total. The van der Waals surface area contributed by atoms with Gasteiger partial charge < -0.3 is 10.6 Å². The van der Waals surface area contributed by atoms with Crippen LogP contribution in [0.3, 0.4) is 0 Å². The monoisotopic (exact) mass is 281 g/mol. The van der Waals surface area contributed by atoms with Crippen LogP contribution in [0.4, 0.5) is 13.2 Å². The fraction of sp³-hybridized carbons (Fsp3) is 0.917. The van der Waals surface area contributed by atoms with E-state index in [1.54, 1.807) is 6.92 Å². The molecule has 7 heteroatoms. The van der Waals surface area contributed by atoms with Gasteiger partial charge in [-0.2, -0.15) is 13.2 Å². The summed E-state index contributed by atoms with van der Waals surface area (Å²) in [5.74, 6) is -0.449. The second-order valence-corrected chi connectivity index (χ2v) is 5.04. The predicted molar refractivity (Wildman–Crippen MR) is 66.6 cm³/mol. The van der Waals surface area contributed by atoms with E-state index in [2.05, 4.69) is 0 Å². The Balaban J connectivity index is 2.47. The molecule has 1 saturated heterocycles. The molecule has 1 fully saturated rings. The van der Waals surface area contributed by atoms with Crippen molar-refractivity contribution in [1.29, 1.82) is 0 Å². The zero-order valence-electron chi connectivity index (χ0n) is 11.2. The number of hydrogen-bond donors (Lipinski definition) is 1. The number of hydrogen-bond acceptors (Lipinski definition) is 3. The molecule has 0 aliphatic carbocycles. The lowest BCUT2D eigenvalue weighted by Crippen LogP contribution is -2.48. The molecule has 0 aromatic rings. The van der Waals surface area contributed by atoms with Crippen molar-refractivity contribution in [2.75, 3.05) is 32.7 Å². The number of alkyl halides is 3.